The number of nitrogen functional groups attached to an aromatic ring is 1. The Morgan fingerprint density at radius 2 is 1.77 bits per heavy atom. The van der Waals surface area contributed by atoms with E-state index in [0.29, 0.717) is 72.1 Å². The second kappa shape index (κ2) is 16.1. The average molecular weight is 632 g/mol. The number of benzene rings is 2. The molecular weight excluding hydrogens is 591 g/mol. The van der Waals surface area contributed by atoms with Crippen molar-refractivity contribution in [3.05, 3.63) is 69.4 Å². The number of halogens is 2. The SMILES string of the molecule is CCC1CCCC1OCc1c(-c2c(Cl)cccc2Cl)noc1C1CC1.NC=O.Nc1cccc(C(=O)N2CCOCC2)c1. The average Bonchev–Trinajstić information content (AvgIpc) is 3.61. The summed E-state index contributed by atoms with van der Waals surface area (Å²) in [6.07, 6.45) is 7.73. The van der Waals surface area contributed by atoms with Gasteiger partial charge in [-0.15, -0.1) is 0 Å². The normalized spacial score (nSPS) is 19.6. The highest BCUT2D eigenvalue weighted by Gasteiger charge is 2.34. The van der Waals surface area contributed by atoms with E-state index >= 15 is 0 Å². The number of carbonyl (C=O) groups is 2. The molecule has 2 aliphatic carbocycles. The molecule has 1 aromatic heterocycles. The molecule has 4 N–H and O–H groups in total. The lowest BCUT2D eigenvalue weighted by atomic mass is 10.0. The maximum Gasteiger partial charge on any atom is 0.254 e. The molecule has 2 atom stereocenters. The highest BCUT2D eigenvalue weighted by atomic mass is 35.5. The molecule has 2 unspecified atom stereocenters. The summed E-state index contributed by atoms with van der Waals surface area (Å²) in [7, 11) is 0. The minimum atomic E-state index is 0.0330. The number of rotatable bonds is 7. The van der Waals surface area contributed by atoms with Gasteiger partial charge in [-0.25, -0.2) is 0 Å². The van der Waals surface area contributed by atoms with E-state index in [0.717, 1.165) is 41.8 Å². The number of primary amides is 1. The molecule has 3 fully saturated rings. The number of aromatic nitrogens is 1. The van der Waals surface area contributed by atoms with Crippen LogP contribution in [0.25, 0.3) is 11.3 Å². The maximum absolute atomic E-state index is 12.0. The largest absolute Gasteiger partial charge is 0.399 e. The Bertz CT molecular complexity index is 1340. The number of amides is 2. The van der Waals surface area contributed by atoms with Gasteiger partial charge < -0.3 is 30.4 Å². The van der Waals surface area contributed by atoms with Crippen LogP contribution in [0.15, 0.2) is 47.0 Å². The zero-order valence-electron chi connectivity index (χ0n) is 24.5. The first-order valence-corrected chi connectivity index (χ1v) is 15.6. The summed E-state index contributed by atoms with van der Waals surface area (Å²) < 4.78 is 17.2. The van der Waals surface area contributed by atoms with Crippen molar-refractivity contribution in [3.63, 3.8) is 0 Å². The number of nitrogens with two attached hydrogens (primary N) is 2. The maximum atomic E-state index is 12.0. The third-order valence-corrected chi connectivity index (χ3v) is 8.58. The van der Waals surface area contributed by atoms with Gasteiger partial charge in [0.15, 0.2) is 0 Å². The van der Waals surface area contributed by atoms with E-state index in [4.69, 9.17) is 47.7 Å². The summed E-state index contributed by atoms with van der Waals surface area (Å²) in [5.74, 6) is 2.12. The standard InChI is InChI=1S/C20H23Cl2NO2.C11H14N2O2.CH3NO/c1-2-12-5-3-8-17(12)24-11-14-19(23-25-20(14)13-9-10-13)18-15(21)6-4-7-16(18)22;12-10-3-1-2-9(8-10)11(14)13-4-6-15-7-5-13;2-1-3/h4,6-7,12-13,17H,2-3,5,8-11H2,1H3;1-3,8H,4-7,12H2;1H,(H2,2,3). The number of hydrogen-bond acceptors (Lipinski definition) is 7. The first kappa shape index (κ1) is 32.8. The quantitative estimate of drug-likeness (QED) is 0.226. The fourth-order valence-electron chi connectivity index (χ4n) is 5.55. The van der Waals surface area contributed by atoms with E-state index in [1.165, 1.54) is 19.3 Å². The molecule has 2 aromatic carbocycles. The molecular formula is C32H40Cl2N4O5. The van der Waals surface area contributed by atoms with Crippen LogP contribution in [-0.2, 0) is 20.9 Å². The molecule has 9 nitrogen and oxygen atoms in total. The Labute approximate surface area is 262 Å². The fourth-order valence-corrected chi connectivity index (χ4v) is 6.13. The summed E-state index contributed by atoms with van der Waals surface area (Å²) >= 11 is 12.8. The summed E-state index contributed by atoms with van der Waals surface area (Å²) in [5, 5.41) is 5.52. The molecule has 2 heterocycles. The topological polar surface area (TPSA) is 134 Å². The number of nitrogens with zero attached hydrogens (tertiary/aromatic N) is 2. The van der Waals surface area contributed by atoms with Gasteiger partial charge in [0.2, 0.25) is 6.41 Å². The van der Waals surface area contributed by atoms with Gasteiger partial charge in [0.1, 0.15) is 11.5 Å². The summed E-state index contributed by atoms with van der Waals surface area (Å²) in [4.78, 5) is 22.3. The van der Waals surface area contributed by atoms with Crippen molar-refractivity contribution in [1.29, 1.82) is 0 Å². The lowest BCUT2D eigenvalue weighted by molar-refractivity contribution is -0.106. The summed E-state index contributed by atoms with van der Waals surface area (Å²) in [5.41, 5.74) is 13.6. The number of anilines is 1. The van der Waals surface area contributed by atoms with Gasteiger partial charge in [-0.3, -0.25) is 9.59 Å². The van der Waals surface area contributed by atoms with Crippen LogP contribution in [0.3, 0.4) is 0 Å². The zero-order chi connectivity index (χ0) is 30.8. The Morgan fingerprint density at radius 1 is 1.09 bits per heavy atom. The second-order valence-electron chi connectivity index (χ2n) is 10.9. The Balaban J connectivity index is 0.000000200. The van der Waals surface area contributed by atoms with E-state index in [-0.39, 0.29) is 12.3 Å². The number of carbonyl (C=O) groups excluding carboxylic acids is 2. The van der Waals surface area contributed by atoms with Gasteiger partial charge in [-0.1, -0.05) is 60.3 Å². The minimum absolute atomic E-state index is 0.0330. The van der Waals surface area contributed by atoms with Gasteiger partial charge in [0.25, 0.3) is 5.91 Å². The highest BCUT2D eigenvalue weighted by Crippen LogP contribution is 2.46. The number of hydrogen-bond donors (Lipinski definition) is 2. The third-order valence-electron chi connectivity index (χ3n) is 7.95. The van der Waals surface area contributed by atoms with Crippen LogP contribution in [0.2, 0.25) is 10.0 Å². The molecule has 43 heavy (non-hydrogen) atoms. The molecule has 3 aromatic rings. The Morgan fingerprint density at radius 3 is 2.40 bits per heavy atom. The van der Waals surface area contributed by atoms with Crippen LogP contribution in [0, 0.1) is 5.92 Å². The van der Waals surface area contributed by atoms with Crippen molar-refractivity contribution in [2.45, 2.75) is 64.1 Å². The lowest BCUT2D eigenvalue weighted by Gasteiger charge is -2.26. The Hall–Kier alpha value is -3.11. The molecule has 0 radical (unpaired) electrons. The third kappa shape index (κ3) is 8.72. The van der Waals surface area contributed by atoms with Crippen molar-refractivity contribution in [2.75, 3.05) is 32.0 Å². The molecule has 1 saturated heterocycles. The van der Waals surface area contributed by atoms with Crippen LogP contribution in [0.5, 0.6) is 0 Å². The van der Waals surface area contributed by atoms with E-state index in [1.807, 2.05) is 18.2 Å². The predicted octanol–water partition coefficient (Wildman–Crippen LogP) is 6.46. The van der Waals surface area contributed by atoms with Gasteiger partial charge >= 0.3 is 0 Å². The highest BCUT2D eigenvalue weighted by molar-refractivity contribution is 6.39. The second-order valence-corrected chi connectivity index (χ2v) is 11.7. The number of morpholine rings is 1. The molecule has 6 rings (SSSR count). The fraction of sp³-hybridized carbons (Fsp3) is 0.469. The van der Waals surface area contributed by atoms with Gasteiger partial charge in [-0.2, -0.15) is 0 Å². The Kier molecular flexibility index (Phi) is 12.3. The van der Waals surface area contributed by atoms with E-state index in [1.54, 1.807) is 29.2 Å². The van der Waals surface area contributed by atoms with Crippen molar-refractivity contribution < 1.29 is 23.6 Å². The molecule has 232 valence electrons. The molecule has 3 aliphatic rings. The molecule has 11 heteroatoms. The first-order valence-electron chi connectivity index (χ1n) is 14.8. The van der Waals surface area contributed by atoms with Gasteiger partial charge in [0, 0.05) is 41.4 Å². The van der Waals surface area contributed by atoms with Crippen molar-refractivity contribution in [3.8, 4) is 11.3 Å². The van der Waals surface area contributed by atoms with Crippen LogP contribution in [0.4, 0.5) is 5.69 Å². The van der Waals surface area contributed by atoms with Crippen LogP contribution < -0.4 is 11.5 Å². The zero-order valence-corrected chi connectivity index (χ0v) is 26.0. The van der Waals surface area contributed by atoms with Crippen molar-refractivity contribution >= 4 is 41.2 Å². The molecule has 0 spiro atoms. The lowest BCUT2D eigenvalue weighted by Crippen LogP contribution is -2.40. The van der Waals surface area contributed by atoms with Crippen LogP contribution in [-0.4, -0.2) is 54.8 Å². The van der Waals surface area contributed by atoms with Crippen molar-refractivity contribution in [2.24, 2.45) is 11.7 Å². The van der Waals surface area contributed by atoms with Crippen LogP contribution >= 0.6 is 23.2 Å². The molecule has 2 amide bonds. The van der Waals surface area contributed by atoms with E-state index in [2.05, 4.69) is 17.8 Å². The van der Waals surface area contributed by atoms with E-state index < -0.39 is 0 Å². The van der Waals surface area contributed by atoms with Crippen molar-refractivity contribution in [1.82, 2.24) is 10.1 Å². The van der Waals surface area contributed by atoms with E-state index in [9.17, 15) is 4.79 Å². The number of ether oxygens (including phenoxy) is 2. The first-order chi connectivity index (χ1) is 20.9. The molecule has 2 saturated carbocycles. The molecule has 0 bridgehead atoms. The smallest absolute Gasteiger partial charge is 0.254 e. The monoisotopic (exact) mass is 630 g/mol. The molecule has 1 aliphatic heterocycles. The summed E-state index contributed by atoms with van der Waals surface area (Å²) in [6.45, 7) is 5.33. The minimum Gasteiger partial charge on any atom is -0.399 e. The van der Waals surface area contributed by atoms with Gasteiger partial charge in [0.05, 0.1) is 36.0 Å². The van der Waals surface area contributed by atoms with Gasteiger partial charge in [-0.05, 0) is 61.9 Å². The van der Waals surface area contributed by atoms with Crippen LogP contribution in [0.1, 0.15) is 73.0 Å². The predicted molar refractivity (Wildman–Crippen MR) is 168 cm³/mol. The summed E-state index contributed by atoms with van der Waals surface area (Å²) in [6, 6.07) is 12.6.